The Morgan fingerprint density at radius 1 is 1.35 bits per heavy atom. The van der Waals surface area contributed by atoms with Crippen molar-refractivity contribution in [2.45, 2.75) is 6.42 Å². The van der Waals surface area contributed by atoms with E-state index in [1.807, 2.05) is 18.2 Å². The van der Waals surface area contributed by atoms with E-state index >= 15 is 0 Å². The van der Waals surface area contributed by atoms with Gasteiger partial charge in [0.05, 0.1) is 0 Å². The van der Waals surface area contributed by atoms with Gasteiger partial charge in [-0.3, -0.25) is 4.79 Å². The molecule has 1 heterocycles. The van der Waals surface area contributed by atoms with E-state index in [2.05, 4.69) is 11.9 Å². The number of hydrogen-bond donors (Lipinski definition) is 1. The highest BCUT2D eigenvalue weighted by atomic mass is 16.6. The minimum atomic E-state index is -0.150. The van der Waals surface area contributed by atoms with Gasteiger partial charge >= 0.3 is 0 Å². The Labute approximate surface area is 100 Å². The minimum Gasteiger partial charge on any atom is -0.486 e. The summed E-state index contributed by atoms with van der Waals surface area (Å²) in [6.07, 6.45) is 2.03. The molecule has 0 aromatic heterocycles. The molecule has 4 nitrogen and oxygen atoms in total. The summed E-state index contributed by atoms with van der Waals surface area (Å²) in [5.74, 6) is 1.42. The molecule has 0 unspecified atom stereocenters. The van der Waals surface area contributed by atoms with E-state index < -0.39 is 0 Å². The lowest BCUT2D eigenvalue weighted by molar-refractivity contribution is -0.116. The fourth-order valence-electron chi connectivity index (χ4n) is 1.65. The van der Waals surface area contributed by atoms with E-state index in [0.717, 1.165) is 23.5 Å². The Morgan fingerprint density at radius 2 is 2.12 bits per heavy atom. The zero-order valence-corrected chi connectivity index (χ0v) is 9.57. The highest BCUT2D eigenvalue weighted by molar-refractivity contribution is 5.86. The molecule has 0 spiro atoms. The number of nitrogens with one attached hydrogen (secondary N) is 1. The van der Waals surface area contributed by atoms with E-state index in [1.165, 1.54) is 6.08 Å². The van der Waals surface area contributed by atoms with Gasteiger partial charge in [0.1, 0.15) is 13.2 Å². The summed E-state index contributed by atoms with van der Waals surface area (Å²) < 4.78 is 10.9. The molecule has 0 saturated heterocycles. The van der Waals surface area contributed by atoms with Gasteiger partial charge in [0, 0.05) is 6.54 Å². The van der Waals surface area contributed by atoms with Gasteiger partial charge in [0.15, 0.2) is 11.5 Å². The Hall–Kier alpha value is -1.97. The van der Waals surface area contributed by atoms with Crippen molar-refractivity contribution in [1.29, 1.82) is 0 Å². The highest BCUT2D eigenvalue weighted by Crippen LogP contribution is 2.30. The average molecular weight is 233 g/mol. The molecule has 90 valence electrons. The van der Waals surface area contributed by atoms with Crippen LogP contribution < -0.4 is 14.8 Å². The Kier molecular flexibility index (Phi) is 3.65. The first-order chi connectivity index (χ1) is 8.29. The number of hydrogen-bond acceptors (Lipinski definition) is 3. The Balaban J connectivity index is 1.93. The number of fused-ring (bicyclic) bond motifs is 1. The zero-order valence-electron chi connectivity index (χ0n) is 9.57. The van der Waals surface area contributed by atoms with Crippen LogP contribution in [-0.4, -0.2) is 25.7 Å². The van der Waals surface area contributed by atoms with Crippen molar-refractivity contribution in [2.75, 3.05) is 19.8 Å². The second kappa shape index (κ2) is 5.39. The van der Waals surface area contributed by atoms with Crippen LogP contribution in [0.5, 0.6) is 11.5 Å². The summed E-state index contributed by atoms with van der Waals surface area (Å²) in [4.78, 5) is 11.0. The molecule has 1 aromatic carbocycles. The molecule has 1 aromatic rings. The second-order valence-corrected chi connectivity index (χ2v) is 3.72. The summed E-state index contributed by atoms with van der Waals surface area (Å²) in [5, 5.41) is 2.73. The molecular weight excluding hydrogens is 218 g/mol. The van der Waals surface area contributed by atoms with Crippen LogP contribution in [0.2, 0.25) is 0 Å². The fraction of sp³-hybridized carbons (Fsp3) is 0.308. The van der Waals surface area contributed by atoms with Crippen LogP contribution in [0.4, 0.5) is 0 Å². The van der Waals surface area contributed by atoms with Gasteiger partial charge in [-0.05, 0) is 30.2 Å². The first-order valence-corrected chi connectivity index (χ1v) is 5.58. The molecule has 1 amide bonds. The van der Waals surface area contributed by atoms with Gasteiger partial charge in [-0.2, -0.15) is 0 Å². The quantitative estimate of drug-likeness (QED) is 0.797. The van der Waals surface area contributed by atoms with E-state index in [1.54, 1.807) is 0 Å². The van der Waals surface area contributed by atoms with Gasteiger partial charge in [-0.15, -0.1) is 0 Å². The fourth-order valence-corrected chi connectivity index (χ4v) is 1.65. The maximum atomic E-state index is 11.0. The van der Waals surface area contributed by atoms with Crippen molar-refractivity contribution in [3.8, 4) is 11.5 Å². The molecule has 0 aliphatic carbocycles. The maximum absolute atomic E-state index is 11.0. The predicted molar refractivity (Wildman–Crippen MR) is 64.3 cm³/mol. The average Bonchev–Trinajstić information content (AvgIpc) is 2.38. The summed E-state index contributed by atoms with van der Waals surface area (Å²) in [6, 6.07) is 5.83. The monoisotopic (exact) mass is 233 g/mol. The first kappa shape index (κ1) is 11.5. The van der Waals surface area contributed by atoms with Gasteiger partial charge < -0.3 is 14.8 Å². The normalized spacial score (nSPS) is 12.9. The summed E-state index contributed by atoms with van der Waals surface area (Å²) >= 11 is 0. The summed E-state index contributed by atoms with van der Waals surface area (Å²) in [5.41, 5.74) is 1.11. The number of benzene rings is 1. The van der Waals surface area contributed by atoms with E-state index in [9.17, 15) is 4.79 Å². The molecule has 0 fully saturated rings. The molecule has 0 bridgehead atoms. The predicted octanol–water partition coefficient (Wildman–Crippen LogP) is 1.30. The first-order valence-electron chi connectivity index (χ1n) is 5.58. The van der Waals surface area contributed by atoms with Crippen LogP contribution in [0.25, 0.3) is 0 Å². The standard InChI is InChI=1S/C13H15NO3/c1-2-13(15)14-6-5-10-3-4-11-12(9-10)17-8-7-16-11/h2-4,9H,1,5-8H2,(H,14,15). The van der Waals surface area contributed by atoms with Crippen LogP contribution in [0, 0.1) is 0 Å². The van der Waals surface area contributed by atoms with Gasteiger partial charge in [-0.25, -0.2) is 0 Å². The van der Waals surface area contributed by atoms with Gasteiger partial charge in [0.25, 0.3) is 0 Å². The molecule has 2 rings (SSSR count). The lowest BCUT2D eigenvalue weighted by Crippen LogP contribution is -2.23. The summed E-state index contributed by atoms with van der Waals surface area (Å²) in [7, 11) is 0. The number of carbonyl (C=O) groups is 1. The number of ether oxygens (including phenoxy) is 2. The lowest BCUT2D eigenvalue weighted by atomic mass is 10.1. The van der Waals surface area contributed by atoms with Crippen molar-refractivity contribution in [3.05, 3.63) is 36.4 Å². The van der Waals surface area contributed by atoms with Crippen molar-refractivity contribution < 1.29 is 14.3 Å². The number of carbonyl (C=O) groups excluding carboxylic acids is 1. The molecule has 4 heteroatoms. The van der Waals surface area contributed by atoms with Gasteiger partial charge in [0.2, 0.25) is 5.91 Å². The van der Waals surface area contributed by atoms with E-state index in [4.69, 9.17) is 9.47 Å². The van der Waals surface area contributed by atoms with Crippen molar-refractivity contribution in [1.82, 2.24) is 5.32 Å². The second-order valence-electron chi connectivity index (χ2n) is 3.72. The van der Waals surface area contributed by atoms with Crippen LogP contribution in [0.3, 0.4) is 0 Å². The molecule has 17 heavy (non-hydrogen) atoms. The molecule has 0 saturated carbocycles. The molecule has 0 atom stereocenters. The largest absolute Gasteiger partial charge is 0.486 e. The van der Waals surface area contributed by atoms with Gasteiger partial charge in [-0.1, -0.05) is 12.6 Å². The zero-order chi connectivity index (χ0) is 12.1. The van der Waals surface area contributed by atoms with Crippen LogP contribution in [-0.2, 0) is 11.2 Å². The van der Waals surface area contributed by atoms with Crippen LogP contribution in [0.1, 0.15) is 5.56 Å². The molecule has 1 N–H and O–H groups in total. The van der Waals surface area contributed by atoms with Crippen molar-refractivity contribution in [3.63, 3.8) is 0 Å². The van der Waals surface area contributed by atoms with Crippen molar-refractivity contribution >= 4 is 5.91 Å². The third kappa shape index (κ3) is 3.00. The maximum Gasteiger partial charge on any atom is 0.243 e. The molecule has 1 aliphatic heterocycles. The SMILES string of the molecule is C=CC(=O)NCCc1ccc2c(c1)OCCO2. The molecule has 0 radical (unpaired) electrons. The Bertz CT molecular complexity index is 429. The van der Waals surface area contributed by atoms with Crippen LogP contribution >= 0.6 is 0 Å². The third-order valence-corrected chi connectivity index (χ3v) is 2.50. The van der Waals surface area contributed by atoms with E-state index in [0.29, 0.717) is 19.8 Å². The highest BCUT2D eigenvalue weighted by Gasteiger charge is 2.11. The summed E-state index contributed by atoms with van der Waals surface area (Å²) in [6.45, 7) is 5.17. The van der Waals surface area contributed by atoms with Crippen molar-refractivity contribution in [2.24, 2.45) is 0 Å². The third-order valence-electron chi connectivity index (χ3n) is 2.50. The topological polar surface area (TPSA) is 47.6 Å². The van der Waals surface area contributed by atoms with E-state index in [-0.39, 0.29) is 5.91 Å². The Morgan fingerprint density at radius 3 is 2.88 bits per heavy atom. The number of rotatable bonds is 4. The smallest absolute Gasteiger partial charge is 0.243 e. The lowest BCUT2D eigenvalue weighted by Gasteiger charge is -2.18. The number of amides is 1. The molecule has 1 aliphatic rings. The van der Waals surface area contributed by atoms with Crippen LogP contribution in [0.15, 0.2) is 30.9 Å². The molecular formula is C13H15NO3. The minimum absolute atomic E-state index is 0.150.